The first-order valence-electron chi connectivity index (χ1n) is 10.5. The van der Waals surface area contributed by atoms with Gasteiger partial charge in [0.15, 0.2) is 0 Å². The Labute approximate surface area is 164 Å². The van der Waals surface area contributed by atoms with Crippen molar-refractivity contribution in [2.24, 2.45) is 5.92 Å². The van der Waals surface area contributed by atoms with E-state index in [0.29, 0.717) is 6.04 Å². The molecule has 1 aromatic rings. The number of carbonyl (C=O) groups is 1. The van der Waals surface area contributed by atoms with Gasteiger partial charge in [-0.3, -0.25) is 9.69 Å². The maximum absolute atomic E-state index is 12.6. The first-order chi connectivity index (χ1) is 13.3. The number of piperidine rings is 2. The molecule has 150 valence electrons. The molecule has 2 saturated heterocycles. The summed E-state index contributed by atoms with van der Waals surface area (Å²) in [5.74, 6) is 0.397. The van der Waals surface area contributed by atoms with Gasteiger partial charge in [-0.25, -0.2) is 0 Å². The highest BCUT2D eigenvalue weighted by Gasteiger charge is 2.31. The minimum Gasteiger partial charge on any atom is -0.383 e. The fraction of sp³-hybridized carbons (Fsp3) is 0.682. The number of rotatable bonds is 8. The third kappa shape index (κ3) is 6.30. The topological polar surface area (TPSA) is 44.8 Å². The lowest BCUT2D eigenvalue weighted by molar-refractivity contribution is -0.127. The van der Waals surface area contributed by atoms with Crippen LogP contribution in [-0.2, 0) is 16.0 Å². The molecule has 1 amide bonds. The van der Waals surface area contributed by atoms with E-state index < -0.39 is 0 Å². The van der Waals surface area contributed by atoms with E-state index in [4.69, 9.17) is 4.74 Å². The molecule has 0 aliphatic carbocycles. The van der Waals surface area contributed by atoms with E-state index >= 15 is 0 Å². The summed E-state index contributed by atoms with van der Waals surface area (Å²) in [7, 11) is 1.77. The van der Waals surface area contributed by atoms with Crippen molar-refractivity contribution in [2.75, 3.05) is 53.0 Å². The van der Waals surface area contributed by atoms with Gasteiger partial charge in [0.1, 0.15) is 0 Å². The van der Waals surface area contributed by atoms with Crippen molar-refractivity contribution in [3.05, 3.63) is 35.9 Å². The van der Waals surface area contributed by atoms with Crippen LogP contribution in [0.1, 0.15) is 31.2 Å². The number of carbonyl (C=O) groups excluding carboxylic acids is 1. The molecule has 1 unspecified atom stereocenters. The standard InChI is InChI=1S/C22H35N3O2/c1-27-17-16-24-14-10-21(11-15-24)25-13-5-8-20(18-25)22(26)23-12-9-19-6-3-2-4-7-19/h2-4,6-7,20-21H,5,8-18H2,1H3,(H,23,26). The Morgan fingerprint density at radius 2 is 1.93 bits per heavy atom. The van der Waals surface area contributed by atoms with Gasteiger partial charge in [0.05, 0.1) is 12.5 Å². The summed E-state index contributed by atoms with van der Waals surface area (Å²) in [5, 5.41) is 3.17. The zero-order valence-electron chi connectivity index (χ0n) is 16.7. The van der Waals surface area contributed by atoms with Gasteiger partial charge < -0.3 is 15.0 Å². The van der Waals surface area contributed by atoms with E-state index in [0.717, 1.165) is 65.1 Å². The van der Waals surface area contributed by atoms with Crippen LogP contribution in [0.5, 0.6) is 0 Å². The molecular formula is C22H35N3O2. The van der Waals surface area contributed by atoms with Crippen molar-refractivity contribution < 1.29 is 9.53 Å². The number of nitrogens with one attached hydrogen (secondary N) is 1. The first-order valence-corrected chi connectivity index (χ1v) is 10.5. The summed E-state index contributed by atoms with van der Waals surface area (Å²) in [6.45, 7) is 6.97. The quantitative estimate of drug-likeness (QED) is 0.759. The molecule has 0 radical (unpaired) electrons. The fourth-order valence-electron chi connectivity index (χ4n) is 4.40. The van der Waals surface area contributed by atoms with E-state index in [1.54, 1.807) is 7.11 Å². The largest absolute Gasteiger partial charge is 0.383 e. The van der Waals surface area contributed by atoms with Gasteiger partial charge in [0, 0.05) is 32.8 Å². The third-order valence-electron chi connectivity index (χ3n) is 6.06. The summed E-state index contributed by atoms with van der Waals surface area (Å²) in [6.07, 6.45) is 5.50. The molecular weight excluding hydrogens is 338 g/mol. The average Bonchev–Trinajstić information content (AvgIpc) is 2.73. The molecule has 5 heteroatoms. The monoisotopic (exact) mass is 373 g/mol. The van der Waals surface area contributed by atoms with Crippen LogP contribution in [-0.4, -0.2) is 74.7 Å². The molecule has 0 saturated carbocycles. The minimum absolute atomic E-state index is 0.154. The summed E-state index contributed by atoms with van der Waals surface area (Å²) in [6, 6.07) is 11.0. The van der Waals surface area contributed by atoms with Crippen LogP contribution in [0.3, 0.4) is 0 Å². The molecule has 2 fully saturated rings. The number of ether oxygens (including phenoxy) is 1. The predicted molar refractivity (Wildman–Crippen MR) is 109 cm³/mol. The molecule has 1 N–H and O–H groups in total. The van der Waals surface area contributed by atoms with E-state index in [-0.39, 0.29) is 11.8 Å². The number of hydrogen-bond donors (Lipinski definition) is 1. The van der Waals surface area contributed by atoms with Crippen LogP contribution in [0, 0.1) is 5.92 Å². The Morgan fingerprint density at radius 3 is 2.67 bits per heavy atom. The summed E-state index contributed by atoms with van der Waals surface area (Å²) in [5.41, 5.74) is 1.28. The van der Waals surface area contributed by atoms with Gasteiger partial charge in [-0.2, -0.15) is 0 Å². The lowest BCUT2D eigenvalue weighted by Gasteiger charge is -2.42. The van der Waals surface area contributed by atoms with Gasteiger partial charge in [-0.05, 0) is 57.3 Å². The number of nitrogens with zero attached hydrogens (tertiary/aromatic N) is 2. The van der Waals surface area contributed by atoms with Crippen molar-refractivity contribution in [3.63, 3.8) is 0 Å². The maximum atomic E-state index is 12.6. The molecule has 3 rings (SSSR count). The maximum Gasteiger partial charge on any atom is 0.224 e. The second-order valence-corrected chi connectivity index (χ2v) is 7.93. The van der Waals surface area contributed by atoms with Crippen LogP contribution < -0.4 is 5.32 Å². The molecule has 1 atom stereocenters. The third-order valence-corrected chi connectivity index (χ3v) is 6.06. The molecule has 5 nitrogen and oxygen atoms in total. The SMILES string of the molecule is COCCN1CCC(N2CCCC(C(=O)NCCc3ccccc3)C2)CC1. The number of amides is 1. The molecule has 2 heterocycles. The van der Waals surface area contributed by atoms with E-state index in [1.807, 2.05) is 6.07 Å². The second-order valence-electron chi connectivity index (χ2n) is 7.93. The van der Waals surface area contributed by atoms with Crippen molar-refractivity contribution in [1.29, 1.82) is 0 Å². The van der Waals surface area contributed by atoms with E-state index in [9.17, 15) is 4.79 Å². The zero-order valence-corrected chi connectivity index (χ0v) is 16.7. The van der Waals surface area contributed by atoms with E-state index in [2.05, 4.69) is 39.4 Å². The highest BCUT2D eigenvalue weighted by Crippen LogP contribution is 2.24. The molecule has 0 spiro atoms. The Bertz CT molecular complexity index is 558. The van der Waals surface area contributed by atoms with Crippen molar-refractivity contribution in [1.82, 2.24) is 15.1 Å². The van der Waals surface area contributed by atoms with Gasteiger partial charge in [0.25, 0.3) is 0 Å². The van der Waals surface area contributed by atoms with Crippen LogP contribution in [0.25, 0.3) is 0 Å². The number of hydrogen-bond acceptors (Lipinski definition) is 4. The van der Waals surface area contributed by atoms with Crippen molar-refractivity contribution in [2.45, 2.75) is 38.1 Å². The molecule has 0 aromatic heterocycles. The number of benzene rings is 1. The van der Waals surface area contributed by atoms with E-state index in [1.165, 1.54) is 18.4 Å². The van der Waals surface area contributed by atoms with Gasteiger partial charge in [0.2, 0.25) is 5.91 Å². The fourth-order valence-corrected chi connectivity index (χ4v) is 4.40. The molecule has 2 aliphatic rings. The van der Waals surface area contributed by atoms with Gasteiger partial charge in [-0.15, -0.1) is 0 Å². The number of likely N-dealkylation sites (tertiary alicyclic amines) is 2. The molecule has 1 aromatic carbocycles. The summed E-state index contributed by atoms with van der Waals surface area (Å²) in [4.78, 5) is 17.7. The summed E-state index contributed by atoms with van der Waals surface area (Å²) >= 11 is 0. The normalized spacial score (nSPS) is 22.6. The van der Waals surface area contributed by atoms with Crippen LogP contribution in [0.15, 0.2) is 30.3 Å². The minimum atomic E-state index is 0.154. The van der Waals surface area contributed by atoms with Crippen LogP contribution in [0.4, 0.5) is 0 Å². The molecule has 2 aliphatic heterocycles. The average molecular weight is 374 g/mol. The van der Waals surface area contributed by atoms with Crippen molar-refractivity contribution >= 4 is 5.91 Å². The Balaban J connectivity index is 1.39. The zero-order chi connectivity index (χ0) is 18.9. The highest BCUT2D eigenvalue weighted by molar-refractivity contribution is 5.79. The predicted octanol–water partition coefficient (Wildman–Crippen LogP) is 2.17. The van der Waals surface area contributed by atoms with Crippen molar-refractivity contribution in [3.8, 4) is 0 Å². The Morgan fingerprint density at radius 1 is 1.15 bits per heavy atom. The Kier molecular flexibility index (Phi) is 8.11. The second kappa shape index (κ2) is 10.8. The lowest BCUT2D eigenvalue weighted by atomic mass is 9.93. The Hall–Kier alpha value is -1.43. The molecule has 27 heavy (non-hydrogen) atoms. The first kappa shape index (κ1) is 20.3. The lowest BCUT2D eigenvalue weighted by Crippen LogP contribution is -2.51. The summed E-state index contributed by atoms with van der Waals surface area (Å²) < 4.78 is 5.19. The van der Waals surface area contributed by atoms with Crippen LogP contribution in [0.2, 0.25) is 0 Å². The smallest absolute Gasteiger partial charge is 0.224 e. The van der Waals surface area contributed by atoms with Crippen LogP contribution >= 0.6 is 0 Å². The highest BCUT2D eigenvalue weighted by atomic mass is 16.5. The molecule has 0 bridgehead atoms. The van der Waals surface area contributed by atoms with Gasteiger partial charge in [-0.1, -0.05) is 30.3 Å². The number of methoxy groups -OCH3 is 1. The van der Waals surface area contributed by atoms with Gasteiger partial charge >= 0.3 is 0 Å².